The Labute approximate surface area is 92.0 Å². The lowest BCUT2D eigenvalue weighted by Crippen LogP contribution is -2.11. The van der Waals surface area contributed by atoms with Crippen molar-refractivity contribution in [2.75, 3.05) is 0 Å². The first-order chi connectivity index (χ1) is 6.83. The average molecular weight is 214 g/mol. The number of carbonyl (C=O) groups excluding carboxylic acids is 1. The highest BCUT2D eigenvalue weighted by Gasteiger charge is 2.16. The van der Waals surface area contributed by atoms with Gasteiger partial charge in [0.15, 0.2) is 5.12 Å². The van der Waals surface area contributed by atoms with Gasteiger partial charge >= 0.3 is 0 Å². The average Bonchev–Trinajstić information content (AvgIpc) is 2.20. The van der Waals surface area contributed by atoms with Crippen molar-refractivity contribution in [3.8, 4) is 0 Å². The summed E-state index contributed by atoms with van der Waals surface area (Å²) >= 11 is 1.63. The van der Waals surface area contributed by atoms with Gasteiger partial charge in [-0.25, -0.2) is 0 Å². The van der Waals surface area contributed by atoms with Crippen molar-refractivity contribution < 1.29 is 4.79 Å². The van der Waals surface area contributed by atoms with Crippen LogP contribution < -0.4 is 0 Å². The van der Waals surface area contributed by atoms with E-state index >= 15 is 0 Å². The number of hydrogen-bond donors (Lipinski definition) is 0. The minimum Gasteiger partial charge on any atom is -0.287 e. The van der Waals surface area contributed by atoms with E-state index in [2.05, 4.69) is 6.92 Å². The zero-order valence-corrected chi connectivity index (χ0v) is 10.1. The molecule has 0 aromatic rings. The van der Waals surface area contributed by atoms with Crippen LogP contribution in [0.1, 0.15) is 64.7 Å². The van der Waals surface area contributed by atoms with Crippen LogP contribution in [0.25, 0.3) is 0 Å². The van der Waals surface area contributed by atoms with Crippen LogP contribution in [0.2, 0.25) is 0 Å². The molecule has 0 amide bonds. The summed E-state index contributed by atoms with van der Waals surface area (Å²) in [7, 11) is 0. The Balaban J connectivity index is 2.06. The summed E-state index contributed by atoms with van der Waals surface area (Å²) in [5.74, 6) is 0. The van der Waals surface area contributed by atoms with E-state index in [9.17, 15) is 4.79 Å². The van der Waals surface area contributed by atoms with Gasteiger partial charge in [0.2, 0.25) is 0 Å². The molecule has 0 aromatic heterocycles. The molecule has 82 valence electrons. The number of unbranched alkanes of at least 4 members (excludes halogenated alkanes) is 2. The summed E-state index contributed by atoms with van der Waals surface area (Å²) in [6, 6.07) is 0. The van der Waals surface area contributed by atoms with Crippen LogP contribution in [0, 0.1) is 0 Å². The monoisotopic (exact) mass is 214 g/mol. The second kappa shape index (κ2) is 7.33. The fourth-order valence-corrected chi connectivity index (χ4v) is 3.15. The van der Waals surface area contributed by atoms with Crippen LogP contribution in [0.15, 0.2) is 0 Å². The lowest BCUT2D eigenvalue weighted by atomic mass is 10.0. The van der Waals surface area contributed by atoms with Crippen LogP contribution >= 0.6 is 11.8 Å². The molecule has 0 aromatic carbocycles. The summed E-state index contributed by atoms with van der Waals surface area (Å²) in [6.07, 6.45) is 10.9. The molecule has 1 nitrogen and oxygen atoms in total. The van der Waals surface area contributed by atoms with Gasteiger partial charge < -0.3 is 0 Å². The Bertz CT molecular complexity index is 162. The van der Waals surface area contributed by atoms with Crippen LogP contribution in [0.3, 0.4) is 0 Å². The zero-order chi connectivity index (χ0) is 10.2. The van der Waals surface area contributed by atoms with Gasteiger partial charge in [0.1, 0.15) is 0 Å². The molecule has 1 aliphatic rings. The summed E-state index contributed by atoms with van der Waals surface area (Å²) in [5.41, 5.74) is 0. The molecule has 0 radical (unpaired) electrons. The summed E-state index contributed by atoms with van der Waals surface area (Å²) in [6.45, 7) is 2.18. The fourth-order valence-electron chi connectivity index (χ4n) is 1.95. The van der Waals surface area contributed by atoms with Crippen molar-refractivity contribution in [3.05, 3.63) is 0 Å². The second-order valence-corrected chi connectivity index (χ2v) is 5.56. The lowest BCUT2D eigenvalue weighted by molar-refractivity contribution is -0.111. The molecule has 0 aliphatic heterocycles. The third-order valence-electron chi connectivity index (χ3n) is 2.83. The molecule has 1 saturated carbocycles. The zero-order valence-electron chi connectivity index (χ0n) is 9.26. The summed E-state index contributed by atoms with van der Waals surface area (Å²) in [4.78, 5) is 11.5. The molecule has 0 saturated heterocycles. The van der Waals surface area contributed by atoms with E-state index in [-0.39, 0.29) is 0 Å². The van der Waals surface area contributed by atoms with Gasteiger partial charge in [0, 0.05) is 11.7 Å². The largest absolute Gasteiger partial charge is 0.287 e. The first-order valence-electron chi connectivity index (χ1n) is 6.02. The molecule has 14 heavy (non-hydrogen) atoms. The van der Waals surface area contributed by atoms with Gasteiger partial charge in [-0.3, -0.25) is 4.79 Å². The highest BCUT2D eigenvalue weighted by molar-refractivity contribution is 8.14. The maximum absolute atomic E-state index is 11.5. The minimum absolute atomic E-state index is 0.436. The van der Waals surface area contributed by atoms with Crippen molar-refractivity contribution in [1.82, 2.24) is 0 Å². The van der Waals surface area contributed by atoms with E-state index < -0.39 is 0 Å². The van der Waals surface area contributed by atoms with E-state index in [1.807, 2.05) is 0 Å². The van der Waals surface area contributed by atoms with Crippen molar-refractivity contribution in [2.24, 2.45) is 0 Å². The molecular weight excluding hydrogens is 192 g/mol. The van der Waals surface area contributed by atoms with E-state index in [4.69, 9.17) is 0 Å². The third kappa shape index (κ3) is 5.04. The highest BCUT2D eigenvalue weighted by Crippen LogP contribution is 2.29. The summed E-state index contributed by atoms with van der Waals surface area (Å²) in [5, 5.41) is 1.09. The molecule has 1 rings (SSSR count). The van der Waals surface area contributed by atoms with Gasteiger partial charge in [0.05, 0.1) is 0 Å². The molecular formula is C12H22OS. The van der Waals surface area contributed by atoms with E-state index in [0.29, 0.717) is 10.4 Å². The van der Waals surface area contributed by atoms with E-state index in [0.717, 1.165) is 12.8 Å². The van der Waals surface area contributed by atoms with Crippen LogP contribution in [-0.4, -0.2) is 10.4 Å². The summed E-state index contributed by atoms with van der Waals surface area (Å²) < 4.78 is 0. The SMILES string of the molecule is CCCCCC(=O)SC1CCCCC1. The molecule has 0 atom stereocenters. The van der Waals surface area contributed by atoms with Crippen molar-refractivity contribution >= 4 is 16.9 Å². The maximum Gasteiger partial charge on any atom is 0.189 e. The predicted molar refractivity (Wildman–Crippen MR) is 63.6 cm³/mol. The first-order valence-corrected chi connectivity index (χ1v) is 6.90. The predicted octanol–water partition coefficient (Wildman–Crippen LogP) is 4.16. The lowest BCUT2D eigenvalue weighted by Gasteiger charge is -2.19. The molecule has 1 fully saturated rings. The van der Waals surface area contributed by atoms with Gasteiger partial charge in [-0.1, -0.05) is 50.8 Å². The highest BCUT2D eigenvalue weighted by atomic mass is 32.2. The molecule has 2 heteroatoms. The Morgan fingerprint density at radius 3 is 2.57 bits per heavy atom. The molecule has 0 bridgehead atoms. The van der Waals surface area contributed by atoms with Crippen molar-refractivity contribution in [3.63, 3.8) is 0 Å². The fraction of sp³-hybridized carbons (Fsp3) is 0.917. The van der Waals surface area contributed by atoms with E-state index in [1.54, 1.807) is 11.8 Å². The molecule has 0 N–H and O–H groups in total. The Hall–Kier alpha value is 0.0200. The molecule has 1 aliphatic carbocycles. The maximum atomic E-state index is 11.5. The Morgan fingerprint density at radius 1 is 1.21 bits per heavy atom. The molecule has 0 unspecified atom stereocenters. The van der Waals surface area contributed by atoms with Crippen LogP contribution in [0.5, 0.6) is 0 Å². The first kappa shape index (κ1) is 12.1. The minimum atomic E-state index is 0.436. The van der Waals surface area contributed by atoms with Crippen LogP contribution in [-0.2, 0) is 4.79 Å². The van der Waals surface area contributed by atoms with E-state index in [1.165, 1.54) is 44.9 Å². The van der Waals surface area contributed by atoms with Crippen LogP contribution in [0.4, 0.5) is 0 Å². The van der Waals surface area contributed by atoms with Gasteiger partial charge in [-0.2, -0.15) is 0 Å². The second-order valence-electron chi connectivity index (χ2n) is 4.21. The topological polar surface area (TPSA) is 17.1 Å². The Kier molecular flexibility index (Phi) is 6.33. The smallest absolute Gasteiger partial charge is 0.189 e. The van der Waals surface area contributed by atoms with Crippen molar-refractivity contribution in [2.45, 2.75) is 70.0 Å². The van der Waals surface area contributed by atoms with Crippen molar-refractivity contribution in [1.29, 1.82) is 0 Å². The number of rotatable bonds is 5. The Morgan fingerprint density at radius 2 is 1.93 bits per heavy atom. The number of thioether (sulfide) groups is 1. The molecule has 0 spiro atoms. The third-order valence-corrected chi connectivity index (χ3v) is 4.11. The van der Waals surface area contributed by atoms with Gasteiger partial charge in [-0.15, -0.1) is 0 Å². The van der Waals surface area contributed by atoms with Gasteiger partial charge in [0.25, 0.3) is 0 Å². The number of carbonyl (C=O) groups is 1. The molecule has 0 heterocycles. The quantitative estimate of drug-likeness (QED) is 0.639. The van der Waals surface area contributed by atoms with Gasteiger partial charge in [-0.05, 0) is 19.3 Å². The standard InChI is InChI=1S/C12H22OS/c1-2-3-5-10-12(13)14-11-8-6-4-7-9-11/h11H,2-10H2,1H3. The number of hydrogen-bond acceptors (Lipinski definition) is 2. The normalized spacial score (nSPS) is 18.4.